The molecule has 9 heteroatoms. The summed E-state index contributed by atoms with van der Waals surface area (Å²) in [5, 5.41) is 5.02. The van der Waals surface area contributed by atoms with Gasteiger partial charge in [0.1, 0.15) is 19.0 Å². The number of esters is 1. The van der Waals surface area contributed by atoms with Gasteiger partial charge in [0.25, 0.3) is 0 Å². The number of carbonyl (C=O) groups is 1. The second kappa shape index (κ2) is 8.28. The van der Waals surface area contributed by atoms with E-state index >= 15 is 0 Å². The lowest BCUT2D eigenvalue weighted by Crippen LogP contribution is -2.13. The molecule has 2 N–H and O–H groups in total. The minimum atomic E-state index is -3.73. The quantitative estimate of drug-likeness (QED) is 0.535. The third kappa shape index (κ3) is 5.35. The molecule has 0 fully saturated rings. The summed E-state index contributed by atoms with van der Waals surface area (Å²) in [6.07, 6.45) is 0.772. The summed E-state index contributed by atoms with van der Waals surface area (Å²) < 4.78 is 43.4. The Labute approximate surface area is 156 Å². The van der Waals surface area contributed by atoms with Crippen LogP contribution in [0.2, 0.25) is 0 Å². The summed E-state index contributed by atoms with van der Waals surface area (Å²) in [5.74, 6) is 1.51. The number of benzene rings is 2. The van der Waals surface area contributed by atoms with Gasteiger partial charge in [-0.05, 0) is 48.4 Å². The summed E-state index contributed by atoms with van der Waals surface area (Å²) in [5.41, 5.74) is 0.961. The Morgan fingerprint density at radius 2 is 1.78 bits per heavy atom. The van der Waals surface area contributed by atoms with E-state index in [9.17, 15) is 13.2 Å². The molecule has 1 aliphatic heterocycles. The first-order chi connectivity index (χ1) is 12.9. The predicted molar refractivity (Wildman–Crippen MR) is 95.2 cm³/mol. The van der Waals surface area contributed by atoms with E-state index < -0.39 is 10.0 Å². The molecule has 3 rings (SSSR count). The highest BCUT2D eigenvalue weighted by Crippen LogP contribution is 2.32. The van der Waals surface area contributed by atoms with E-state index in [0.29, 0.717) is 23.7 Å². The van der Waals surface area contributed by atoms with Gasteiger partial charge in [0.2, 0.25) is 16.8 Å². The first kappa shape index (κ1) is 19.0. The van der Waals surface area contributed by atoms with Crippen LogP contribution in [-0.4, -0.2) is 34.4 Å². The SMILES string of the molecule is NS(=O)(=O)c1ccc(OCCOC(=O)CCc2ccc3c(c2)OCO3)cc1. The molecule has 27 heavy (non-hydrogen) atoms. The molecule has 0 atom stereocenters. The number of nitrogens with two attached hydrogens (primary N) is 1. The average Bonchev–Trinajstić information content (AvgIpc) is 3.11. The van der Waals surface area contributed by atoms with Crippen molar-refractivity contribution in [1.29, 1.82) is 0 Å². The molecule has 144 valence electrons. The molecule has 0 saturated carbocycles. The van der Waals surface area contributed by atoms with Crippen molar-refractivity contribution in [3.05, 3.63) is 48.0 Å². The van der Waals surface area contributed by atoms with E-state index in [4.69, 9.17) is 24.1 Å². The third-order valence-electron chi connectivity index (χ3n) is 3.82. The molecule has 0 amide bonds. The lowest BCUT2D eigenvalue weighted by atomic mass is 10.1. The number of hydrogen-bond donors (Lipinski definition) is 1. The maximum Gasteiger partial charge on any atom is 0.306 e. The van der Waals surface area contributed by atoms with Crippen LogP contribution in [0.25, 0.3) is 0 Å². The van der Waals surface area contributed by atoms with E-state index in [1.54, 1.807) is 0 Å². The van der Waals surface area contributed by atoms with Crippen LogP contribution < -0.4 is 19.3 Å². The van der Waals surface area contributed by atoms with E-state index in [1.165, 1.54) is 24.3 Å². The number of sulfonamides is 1. The van der Waals surface area contributed by atoms with Gasteiger partial charge in [0.15, 0.2) is 11.5 Å². The van der Waals surface area contributed by atoms with Gasteiger partial charge in [-0.25, -0.2) is 13.6 Å². The molecule has 0 radical (unpaired) electrons. The van der Waals surface area contributed by atoms with E-state index in [1.807, 2.05) is 18.2 Å². The normalized spacial score (nSPS) is 12.6. The van der Waals surface area contributed by atoms with Gasteiger partial charge in [-0.2, -0.15) is 0 Å². The fraction of sp³-hybridized carbons (Fsp3) is 0.278. The zero-order valence-corrected chi connectivity index (χ0v) is 15.2. The predicted octanol–water partition coefficient (Wildman–Crippen LogP) is 1.62. The molecule has 2 aromatic rings. The summed E-state index contributed by atoms with van der Waals surface area (Å²) >= 11 is 0. The van der Waals surface area contributed by atoms with Crippen molar-refractivity contribution in [2.24, 2.45) is 5.14 Å². The van der Waals surface area contributed by atoms with Gasteiger partial charge in [-0.15, -0.1) is 0 Å². The standard InChI is InChI=1S/C18H19NO7S/c19-27(21,22)15-5-3-14(4-6-15)23-9-10-24-18(20)8-2-13-1-7-16-17(11-13)26-12-25-16/h1,3-7,11H,2,8-10,12H2,(H2,19,21,22). The van der Waals surface area contributed by atoms with Crippen LogP contribution in [0, 0.1) is 0 Å². The van der Waals surface area contributed by atoms with Crippen LogP contribution in [-0.2, 0) is 26.0 Å². The van der Waals surface area contributed by atoms with Gasteiger partial charge in [-0.3, -0.25) is 4.79 Å². The zero-order chi connectivity index (χ0) is 19.3. The van der Waals surface area contributed by atoms with E-state index in [0.717, 1.165) is 5.56 Å². The minimum absolute atomic E-state index is 0.00444. The monoisotopic (exact) mass is 393 g/mol. The Balaban J connectivity index is 1.36. The van der Waals surface area contributed by atoms with Crippen LogP contribution in [0.1, 0.15) is 12.0 Å². The molecule has 0 bridgehead atoms. The summed E-state index contributed by atoms with van der Waals surface area (Å²) in [6, 6.07) is 11.2. The molecular formula is C18H19NO7S. The Kier molecular flexibility index (Phi) is 5.82. The van der Waals surface area contributed by atoms with E-state index in [-0.39, 0.29) is 37.3 Å². The van der Waals surface area contributed by atoms with Crippen molar-refractivity contribution in [2.45, 2.75) is 17.7 Å². The van der Waals surface area contributed by atoms with Crippen molar-refractivity contribution in [3.8, 4) is 17.2 Å². The maximum atomic E-state index is 11.8. The zero-order valence-electron chi connectivity index (χ0n) is 14.4. The molecule has 2 aromatic carbocycles. The fourth-order valence-electron chi connectivity index (χ4n) is 2.46. The first-order valence-corrected chi connectivity index (χ1v) is 9.76. The average molecular weight is 393 g/mol. The summed E-state index contributed by atoms with van der Waals surface area (Å²) in [4.78, 5) is 11.8. The number of carbonyl (C=O) groups excluding carboxylic acids is 1. The molecular weight excluding hydrogens is 374 g/mol. The highest BCUT2D eigenvalue weighted by atomic mass is 32.2. The molecule has 0 aromatic heterocycles. The maximum absolute atomic E-state index is 11.8. The highest BCUT2D eigenvalue weighted by Gasteiger charge is 2.14. The van der Waals surface area contributed by atoms with Crippen LogP contribution in [0.4, 0.5) is 0 Å². The van der Waals surface area contributed by atoms with Crippen molar-refractivity contribution in [1.82, 2.24) is 0 Å². The van der Waals surface area contributed by atoms with Gasteiger partial charge in [0.05, 0.1) is 4.90 Å². The number of ether oxygens (including phenoxy) is 4. The van der Waals surface area contributed by atoms with Gasteiger partial charge >= 0.3 is 5.97 Å². The Bertz CT molecular complexity index is 910. The lowest BCUT2D eigenvalue weighted by Gasteiger charge is -2.08. The van der Waals surface area contributed by atoms with Crippen LogP contribution in [0.15, 0.2) is 47.4 Å². The molecule has 0 saturated heterocycles. The van der Waals surface area contributed by atoms with Crippen LogP contribution in [0.3, 0.4) is 0 Å². The molecule has 0 spiro atoms. The highest BCUT2D eigenvalue weighted by molar-refractivity contribution is 7.89. The minimum Gasteiger partial charge on any atom is -0.490 e. The molecule has 0 unspecified atom stereocenters. The smallest absolute Gasteiger partial charge is 0.306 e. The van der Waals surface area contributed by atoms with Gasteiger partial charge in [0, 0.05) is 6.42 Å². The van der Waals surface area contributed by atoms with Crippen molar-refractivity contribution in [3.63, 3.8) is 0 Å². The molecule has 0 aliphatic carbocycles. The molecule has 8 nitrogen and oxygen atoms in total. The summed E-state index contributed by atoms with van der Waals surface area (Å²) in [7, 11) is -3.73. The molecule has 1 aliphatic rings. The van der Waals surface area contributed by atoms with Crippen LogP contribution in [0.5, 0.6) is 17.2 Å². The lowest BCUT2D eigenvalue weighted by molar-refractivity contribution is -0.144. The Hall–Kier alpha value is -2.78. The van der Waals surface area contributed by atoms with Crippen molar-refractivity contribution < 1.29 is 32.2 Å². The topological polar surface area (TPSA) is 114 Å². The van der Waals surface area contributed by atoms with Gasteiger partial charge < -0.3 is 18.9 Å². The second-order valence-electron chi connectivity index (χ2n) is 5.77. The van der Waals surface area contributed by atoms with E-state index in [2.05, 4.69) is 0 Å². The number of aryl methyl sites for hydroxylation is 1. The number of fused-ring (bicyclic) bond motifs is 1. The van der Waals surface area contributed by atoms with Gasteiger partial charge in [-0.1, -0.05) is 6.07 Å². The van der Waals surface area contributed by atoms with Crippen LogP contribution >= 0.6 is 0 Å². The fourth-order valence-corrected chi connectivity index (χ4v) is 2.97. The number of hydrogen-bond acceptors (Lipinski definition) is 7. The number of primary sulfonamides is 1. The Morgan fingerprint density at radius 1 is 1.04 bits per heavy atom. The van der Waals surface area contributed by atoms with Crippen molar-refractivity contribution >= 4 is 16.0 Å². The second-order valence-corrected chi connectivity index (χ2v) is 7.33. The largest absolute Gasteiger partial charge is 0.490 e. The Morgan fingerprint density at radius 3 is 2.52 bits per heavy atom. The van der Waals surface area contributed by atoms with Crippen molar-refractivity contribution in [2.75, 3.05) is 20.0 Å². The number of rotatable bonds is 8. The third-order valence-corrected chi connectivity index (χ3v) is 4.75. The molecule has 1 heterocycles. The summed E-state index contributed by atoms with van der Waals surface area (Å²) in [6.45, 7) is 0.465. The first-order valence-electron chi connectivity index (χ1n) is 8.21.